The van der Waals surface area contributed by atoms with Gasteiger partial charge < -0.3 is 14.8 Å². The van der Waals surface area contributed by atoms with Crippen LogP contribution < -0.4 is 14.8 Å². The van der Waals surface area contributed by atoms with Crippen molar-refractivity contribution in [3.05, 3.63) is 35.2 Å². The van der Waals surface area contributed by atoms with E-state index in [1.165, 1.54) is 9.77 Å². The van der Waals surface area contributed by atoms with E-state index in [1.54, 1.807) is 14.2 Å². The summed E-state index contributed by atoms with van der Waals surface area (Å²) in [4.78, 5) is 0. The third-order valence-corrected chi connectivity index (χ3v) is 5.98. The van der Waals surface area contributed by atoms with Crippen molar-refractivity contribution in [1.29, 1.82) is 0 Å². The summed E-state index contributed by atoms with van der Waals surface area (Å²) in [5.74, 6) is 1.51. The van der Waals surface area contributed by atoms with Crippen LogP contribution in [0.3, 0.4) is 0 Å². The number of nitrogens with one attached hydrogen (secondary N) is 1. The molecule has 2 atom stereocenters. The van der Waals surface area contributed by atoms with E-state index < -0.39 is 0 Å². The van der Waals surface area contributed by atoms with E-state index in [0.29, 0.717) is 11.3 Å². The summed E-state index contributed by atoms with van der Waals surface area (Å²) in [5, 5.41) is 6.45. The molecule has 1 aromatic carbocycles. The minimum absolute atomic E-state index is 0.362. The molecule has 5 heteroatoms. The highest BCUT2D eigenvalue weighted by Gasteiger charge is 2.26. The lowest BCUT2D eigenvalue weighted by Crippen LogP contribution is -2.19. The molecule has 112 valence electrons. The molecule has 1 aliphatic rings. The van der Waals surface area contributed by atoms with Gasteiger partial charge in [0.05, 0.1) is 24.5 Å². The molecule has 0 amide bonds. The fraction of sp³-hybridized carbons (Fsp3) is 0.375. The predicted molar refractivity (Wildman–Crippen MR) is 90.2 cm³/mol. The van der Waals surface area contributed by atoms with Gasteiger partial charge >= 0.3 is 0 Å². The van der Waals surface area contributed by atoms with Crippen molar-refractivity contribution in [3.63, 3.8) is 0 Å². The molecule has 0 fully saturated rings. The topological polar surface area (TPSA) is 30.5 Å². The molecule has 3 rings (SSSR count). The van der Waals surface area contributed by atoms with Gasteiger partial charge in [0.15, 0.2) is 11.5 Å². The summed E-state index contributed by atoms with van der Waals surface area (Å²) in [6, 6.07) is 8.58. The number of methoxy groups -OCH3 is 2. The fourth-order valence-electron chi connectivity index (χ4n) is 2.61. The van der Waals surface area contributed by atoms with Gasteiger partial charge in [-0.05, 0) is 35.6 Å². The molecule has 0 aliphatic carbocycles. The highest BCUT2D eigenvalue weighted by Crippen LogP contribution is 2.45. The van der Waals surface area contributed by atoms with Crippen molar-refractivity contribution < 1.29 is 9.47 Å². The molecule has 0 bridgehead atoms. The number of thioether (sulfide) groups is 1. The maximum Gasteiger partial charge on any atom is 0.162 e. The summed E-state index contributed by atoms with van der Waals surface area (Å²) in [5.41, 5.74) is 2.48. The van der Waals surface area contributed by atoms with Crippen molar-refractivity contribution in [2.24, 2.45) is 0 Å². The number of hydrogen-bond acceptors (Lipinski definition) is 5. The molecule has 3 nitrogen and oxygen atoms in total. The van der Waals surface area contributed by atoms with Gasteiger partial charge in [-0.25, -0.2) is 0 Å². The minimum Gasteiger partial charge on any atom is -0.493 e. The Hall–Kier alpha value is -1.33. The van der Waals surface area contributed by atoms with Crippen LogP contribution in [0.5, 0.6) is 11.5 Å². The molecule has 21 heavy (non-hydrogen) atoms. The standard InChI is InChI=1S/C16H19NO2S2/c1-10-8-13(12-6-7-20-16(12)21-10)17-11-4-5-14(18-2)15(9-11)19-3/h4-7,9-10,13,17H,8H2,1-3H3/t10-,13?/m0/s1. The Kier molecular flexibility index (Phi) is 4.31. The molecular weight excluding hydrogens is 302 g/mol. The van der Waals surface area contributed by atoms with Crippen LogP contribution in [0, 0.1) is 0 Å². The van der Waals surface area contributed by atoms with Gasteiger partial charge in [-0.3, -0.25) is 0 Å². The van der Waals surface area contributed by atoms with E-state index in [2.05, 4.69) is 23.7 Å². The molecule has 0 radical (unpaired) electrons. The number of thiophene rings is 1. The summed E-state index contributed by atoms with van der Waals surface area (Å²) >= 11 is 3.82. The molecule has 2 aromatic rings. The molecular formula is C16H19NO2S2. The van der Waals surface area contributed by atoms with Gasteiger partial charge in [0.25, 0.3) is 0 Å². The monoisotopic (exact) mass is 321 g/mol. The molecule has 1 aromatic heterocycles. The van der Waals surface area contributed by atoms with E-state index in [-0.39, 0.29) is 0 Å². The van der Waals surface area contributed by atoms with Gasteiger partial charge in [-0.15, -0.1) is 23.1 Å². The van der Waals surface area contributed by atoms with Crippen LogP contribution in [0.15, 0.2) is 33.9 Å². The van der Waals surface area contributed by atoms with Crippen LogP contribution in [-0.2, 0) is 0 Å². The van der Waals surface area contributed by atoms with E-state index in [9.17, 15) is 0 Å². The van der Waals surface area contributed by atoms with E-state index in [0.717, 1.165) is 23.6 Å². The number of hydrogen-bond donors (Lipinski definition) is 1. The Balaban J connectivity index is 1.84. The van der Waals surface area contributed by atoms with Crippen LogP contribution in [0.25, 0.3) is 0 Å². The SMILES string of the molecule is COc1ccc(NC2C[C@H](C)Sc3sccc32)cc1OC. The normalized spacial score (nSPS) is 20.7. The van der Waals surface area contributed by atoms with Gasteiger partial charge in [0.2, 0.25) is 0 Å². The van der Waals surface area contributed by atoms with Crippen molar-refractivity contribution in [2.45, 2.75) is 28.8 Å². The maximum atomic E-state index is 5.37. The molecule has 0 spiro atoms. The number of fused-ring (bicyclic) bond motifs is 1. The van der Waals surface area contributed by atoms with Crippen LogP contribution >= 0.6 is 23.1 Å². The molecule has 1 unspecified atom stereocenters. The van der Waals surface area contributed by atoms with Crippen molar-refractivity contribution in [3.8, 4) is 11.5 Å². The smallest absolute Gasteiger partial charge is 0.162 e. The van der Waals surface area contributed by atoms with Crippen LogP contribution in [0.1, 0.15) is 24.9 Å². The van der Waals surface area contributed by atoms with Crippen LogP contribution in [-0.4, -0.2) is 19.5 Å². The largest absolute Gasteiger partial charge is 0.493 e. The van der Waals surface area contributed by atoms with Gasteiger partial charge in [0, 0.05) is 17.0 Å². The Bertz CT molecular complexity index is 626. The first-order chi connectivity index (χ1) is 10.2. The maximum absolute atomic E-state index is 5.37. The number of ether oxygens (including phenoxy) is 2. The second-order valence-electron chi connectivity index (χ2n) is 5.09. The molecule has 0 saturated heterocycles. The highest BCUT2D eigenvalue weighted by atomic mass is 32.2. The summed E-state index contributed by atoms with van der Waals surface area (Å²) < 4.78 is 12.1. The third-order valence-electron chi connectivity index (χ3n) is 3.63. The predicted octanol–water partition coefficient (Wildman–Crippen LogP) is 4.80. The quantitative estimate of drug-likeness (QED) is 0.876. The lowest BCUT2D eigenvalue weighted by Gasteiger charge is -2.28. The zero-order valence-corrected chi connectivity index (χ0v) is 14.0. The first-order valence-electron chi connectivity index (χ1n) is 6.94. The number of rotatable bonds is 4. The first kappa shape index (κ1) is 14.6. The number of benzene rings is 1. The lowest BCUT2D eigenvalue weighted by molar-refractivity contribution is 0.355. The molecule has 0 saturated carbocycles. The Morgan fingerprint density at radius 3 is 2.71 bits per heavy atom. The second-order valence-corrected chi connectivity index (χ2v) is 7.72. The number of anilines is 1. The van der Waals surface area contributed by atoms with Crippen LogP contribution in [0.4, 0.5) is 5.69 Å². The third kappa shape index (κ3) is 2.99. The van der Waals surface area contributed by atoms with E-state index in [4.69, 9.17) is 9.47 Å². The molecule has 2 heterocycles. The molecule has 1 N–H and O–H groups in total. The first-order valence-corrected chi connectivity index (χ1v) is 8.69. The van der Waals surface area contributed by atoms with E-state index >= 15 is 0 Å². The summed E-state index contributed by atoms with van der Waals surface area (Å²) in [6.45, 7) is 2.29. The second kappa shape index (κ2) is 6.20. The molecule has 1 aliphatic heterocycles. The van der Waals surface area contributed by atoms with Crippen molar-refractivity contribution in [1.82, 2.24) is 0 Å². The van der Waals surface area contributed by atoms with E-state index in [1.807, 2.05) is 41.3 Å². The Labute approximate surface area is 133 Å². The summed E-state index contributed by atoms with van der Waals surface area (Å²) in [6.07, 6.45) is 1.13. The average molecular weight is 321 g/mol. The van der Waals surface area contributed by atoms with Gasteiger partial charge in [-0.1, -0.05) is 6.92 Å². The van der Waals surface area contributed by atoms with Gasteiger partial charge in [0.1, 0.15) is 0 Å². The lowest BCUT2D eigenvalue weighted by atomic mass is 10.0. The summed E-state index contributed by atoms with van der Waals surface area (Å²) in [7, 11) is 3.32. The highest BCUT2D eigenvalue weighted by molar-refractivity contribution is 8.01. The van der Waals surface area contributed by atoms with Gasteiger partial charge in [-0.2, -0.15) is 0 Å². The van der Waals surface area contributed by atoms with Crippen molar-refractivity contribution >= 4 is 28.8 Å². The average Bonchev–Trinajstić information content (AvgIpc) is 2.95. The van der Waals surface area contributed by atoms with Crippen molar-refractivity contribution in [2.75, 3.05) is 19.5 Å². The Morgan fingerprint density at radius 2 is 1.95 bits per heavy atom. The van der Waals surface area contributed by atoms with Crippen LogP contribution in [0.2, 0.25) is 0 Å². The zero-order valence-electron chi connectivity index (χ0n) is 12.4. The Morgan fingerprint density at radius 1 is 1.14 bits per heavy atom. The minimum atomic E-state index is 0.362. The zero-order chi connectivity index (χ0) is 14.8. The fourth-order valence-corrected chi connectivity index (χ4v) is 5.18.